The molecule has 0 aliphatic carbocycles. The van der Waals surface area contributed by atoms with Crippen LogP contribution in [0, 0.1) is 0 Å². The number of thiophene rings is 1. The Morgan fingerprint density at radius 2 is 1.76 bits per heavy atom. The normalized spacial score (nSPS) is 26.2. The van der Waals surface area contributed by atoms with Crippen molar-refractivity contribution in [3.8, 4) is 0 Å². The van der Waals surface area contributed by atoms with E-state index in [0.717, 1.165) is 17.7 Å². The number of rotatable bonds is 5. The molecule has 0 unspecified atom stereocenters. The Balaban J connectivity index is 1.31. The minimum absolute atomic E-state index is 0.00401. The lowest BCUT2D eigenvalue weighted by Crippen LogP contribution is -2.52. The van der Waals surface area contributed by atoms with Crippen LogP contribution < -0.4 is 0 Å². The highest BCUT2D eigenvalue weighted by Crippen LogP contribution is 2.28. The standard InChI is InChI=1S/C18H27N3O5S3/c22-17(20-10-8-19(9-11-20)15-5-12-28(23,24)14-15)13-16-3-4-18(27-16)29(25,26)21-6-1-2-7-21/h3-4,15H,1-2,5-14H2/t15-/m1/s1. The van der Waals surface area contributed by atoms with Crippen molar-refractivity contribution in [1.29, 1.82) is 0 Å². The SMILES string of the molecule is O=C(Cc1ccc(S(=O)(=O)N2CCCC2)s1)N1CCN([C@@H]2CCS(=O)(=O)C2)CC1. The smallest absolute Gasteiger partial charge is 0.252 e. The maximum Gasteiger partial charge on any atom is 0.252 e. The van der Waals surface area contributed by atoms with Crippen molar-refractivity contribution in [2.45, 2.75) is 35.9 Å². The number of carbonyl (C=O) groups is 1. The van der Waals surface area contributed by atoms with Gasteiger partial charge in [0.1, 0.15) is 4.21 Å². The summed E-state index contributed by atoms with van der Waals surface area (Å²) in [5.74, 6) is 0.484. The Morgan fingerprint density at radius 3 is 2.38 bits per heavy atom. The van der Waals surface area contributed by atoms with Gasteiger partial charge in [0.25, 0.3) is 10.0 Å². The van der Waals surface area contributed by atoms with Gasteiger partial charge in [0, 0.05) is 50.2 Å². The zero-order valence-electron chi connectivity index (χ0n) is 16.3. The molecule has 0 bridgehead atoms. The van der Waals surface area contributed by atoms with Crippen molar-refractivity contribution in [1.82, 2.24) is 14.1 Å². The molecule has 1 amide bonds. The number of amides is 1. The Labute approximate surface area is 176 Å². The van der Waals surface area contributed by atoms with E-state index in [1.54, 1.807) is 17.0 Å². The number of nitrogens with zero attached hydrogens (tertiary/aromatic N) is 3. The molecule has 4 heterocycles. The molecule has 0 saturated carbocycles. The summed E-state index contributed by atoms with van der Waals surface area (Å²) in [6, 6.07) is 3.43. The highest BCUT2D eigenvalue weighted by atomic mass is 32.2. The summed E-state index contributed by atoms with van der Waals surface area (Å²) < 4.78 is 50.5. The molecule has 0 aromatic carbocycles. The highest BCUT2D eigenvalue weighted by molar-refractivity contribution is 7.91. The minimum Gasteiger partial charge on any atom is -0.340 e. The van der Waals surface area contributed by atoms with Crippen LogP contribution in [0.2, 0.25) is 0 Å². The Morgan fingerprint density at radius 1 is 1.07 bits per heavy atom. The molecule has 8 nitrogen and oxygen atoms in total. The molecule has 0 spiro atoms. The van der Waals surface area contributed by atoms with E-state index in [9.17, 15) is 21.6 Å². The molecule has 3 aliphatic rings. The predicted octanol–water partition coefficient (Wildman–Crippen LogP) is 0.406. The maximum absolute atomic E-state index is 12.7. The molecule has 4 rings (SSSR count). The van der Waals surface area contributed by atoms with Crippen LogP contribution in [0.4, 0.5) is 0 Å². The van der Waals surface area contributed by atoms with Crippen molar-refractivity contribution < 1.29 is 21.6 Å². The van der Waals surface area contributed by atoms with Gasteiger partial charge in [0.15, 0.2) is 9.84 Å². The number of sulfone groups is 1. The Hall–Kier alpha value is -1.01. The van der Waals surface area contributed by atoms with Gasteiger partial charge in [-0.25, -0.2) is 16.8 Å². The lowest BCUT2D eigenvalue weighted by molar-refractivity contribution is -0.132. The number of hydrogen-bond donors (Lipinski definition) is 0. The van der Waals surface area contributed by atoms with Gasteiger partial charge in [-0.05, 0) is 31.4 Å². The molecule has 11 heteroatoms. The van der Waals surface area contributed by atoms with Crippen LogP contribution in [-0.2, 0) is 31.1 Å². The molecular formula is C18H27N3O5S3. The molecule has 162 valence electrons. The topological polar surface area (TPSA) is 95.1 Å². The van der Waals surface area contributed by atoms with Crippen LogP contribution in [0.1, 0.15) is 24.1 Å². The Bertz CT molecular complexity index is 959. The van der Waals surface area contributed by atoms with E-state index in [-0.39, 0.29) is 29.9 Å². The van der Waals surface area contributed by atoms with Crippen LogP contribution in [0.5, 0.6) is 0 Å². The first-order chi connectivity index (χ1) is 13.7. The molecule has 1 atom stereocenters. The predicted molar refractivity (Wildman–Crippen MR) is 111 cm³/mol. The second-order valence-electron chi connectivity index (χ2n) is 7.98. The molecule has 3 fully saturated rings. The zero-order valence-corrected chi connectivity index (χ0v) is 18.8. The molecule has 1 aromatic heterocycles. The fourth-order valence-electron chi connectivity index (χ4n) is 4.31. The number of carbonyl (C=O) groups excluding carboxylic acids is 1. The summed E-state index contributed by atoms with van der Waals surface area (Å²) >= 11 is 1.19. The number of piperazine rings is 1. The summed E-state index contributed by atoms with van der Waals surface area (Å²) in [6.45, 7) is 3.68. The lowest BCUT2D eigenvalue weighted by atomic mass is 10.2. The summed E-state index contributed by atoms with van der Waals surface area (Å²) in [7, 11) is -6.34. The first kappa shape index (κ1) is 21.2. The van der Waals surface area contributed by atoms with E-state index < -0.39 is 19.9 Å². The van der Waals surface area contributed by atoms with Gasteiger partial charge in [-0.1, -0.05) is 0 Å². The van der Waals surface area contributed by atoms with E-state index >= 15 is 0 Å². The number of sulfonamides is 1. The van der Waals surface area contributed by atoms with Gasteiger partial charge in [-0.3, -0.25) is 9.69 Å². The van der Waals surface area contributed by atoms with E-state index in [1.165, 1.54) is 15.6 Å². The largest absolute Gasteiger partial charge is 0.340 e. The molecule has 3 aliphatic heterocycles. The summed E-state index contributed by atoms with van der Waals surface area (Å²) in [5.41, 5.74) is 0. The average molecular weight is 462 g/mol. The van der Waals surface area contributed by atoms with Crippen LogP contribution in [0.25, 0.3) is 0 Å². The van der Waals surface area contributed by atoms with Crippen LogP contribution >= 0.6 is 11.3 Å². The highest BCUT2D eigenvalue weighted by Gasteiger charge is 2.34. The molecule has 3 saturated heterocycles. The molecule has 1 aromatic rings. The number of hydrogen-bond acceptors (Lipinski definition) is 7. The third-order valence-corrected chi connectivity index (χ3v) is 11.2. The quantitative estimate of drug-likeness (QED) is 0.630. The van der Waals surface area contributed by atoms with Crippen LogP contribution in [0.3, 0.4) is 0 Å². The fourth-order valence-corrected chi connectivity index (χ4v) is 9.09. The van der Waals surface area contributed by atoms with Gasteiger partial charge in [0.2, 0.25) is 5.91 Å². The summed E-state index contributed by atoms with van der Waals surface area (Å²) in [4.78, 5) is 17.4. The second-order valence-corrected chi connectivity index (χ2v) is 13.5. The summed E-state index contributed by atoms with van der Waals surface area (Å²) in [6.07, 6.45) is 2.68. The molecule has 29 heavy (non-hydrogen) atoms. The average Bonchev–Trinajstić information content (AvgIpc) is 3.42. The van der Waals surface area contributed by atoms with Crippen molar-refractivity contribution in [2.24, 2.45) is 0 Å². The van der Waals surface area contributed by atoms with Gasteiger partial charge >= 0.3 is 0 Å². The first-order valence-electron chi connectivity index (χ1n) is 10.1. The van der Waals surface area contributed by atoms with Crippen LogP contribution in [-0.4, -0.2) is 93.7 Å². The monoisotopic (exact) mass is 461 g/mol. The molecular weight excluding hydrogens is 434 g/mol. The van der Waals surface area contributed by atoms with E-state index in [1.807, 2.05) is 0 Å². The van der Waals surface area contributed by atoms with E-state index in [4.69, 9.17) is 0 Å². The fraction of sp³-hybridized carbons (Fsp3) is 0.722. The van der Waals surface area contributed by atoms with Gasteiger partial charge in [-0.2, -0.15) is 4.31 Å². The van der Waals surface area contributed by atoms with Crippen molar-refractivity contribution in [2.75, 3.05) is 50.8 Å². The van der Waals surface area contributed by atoms with Gasteiger partial charge in [0.05, 0.1) is 17.9 Å². The zero-order chi connectivity index (χ0) is 20.6. The van der Waals surface area contributed by atoms with E-state index in [0.29, 0.717) is 49.9 Å². The second kappa shape index (κ2) is 8.26. The van der Waals surface area contributed by atoms with Gasteiger partial charge in [-0.15, -0.1) is 11.3 Å². The van der Waals surface area contributed by atoms with Crippen molar-refractivity contribution in [3.63, 3.8) is 0 Å². The van der Waals surface area contributed by atoms with Gasteiger partial charge < -0.3 is 4.90 Å². The third-order valence-electron chi connectivity index (χ3n) is 6.01. The third kappa shape index (κ3) is 4.68. The maximum atomic E-state index is 12.7. The van der Waals surface area contributed by atoms with Crippen molar-refractivity contribution >= 4 is 37.1 Å². The molecule has 0 radical (unpaired) electrons. The first-order valence-corrected chi connectivity index (χ1v) is 14.1. The summed E-state index contributed by atoms with van der Waals surface area (Å²) in [5, 5.41) is 0. The molecule has 0 N–H and O–H groups in total. The van der Waals surface area contributed by atoms with E-state index in [2.05, 4.69) is 4.90 Å². The van der Waals surface area contributed by atoms with Crippen molar-refractivity contribution in [3.05, 3.63) is 17.0 Å². The van der Waals surface area contributed by atoms with Crippen LogP contribution in [0.15, 0.2) is 16.3 Å². The lowest BCUT2D eigenvalue weighted by Gasteiger charge is -2.37. The minimum atomic E-state index is -3.43. The Kier molecular flexibility index (Phi) is 6.04.